The first-order chi connectivity index (χ1) is 45.0. The molecule has 1 aromatic carbocycles. The van der Waals surface area contributed by atoms with E-state index in [4.69, 9.17) is 16.3 Å². The molecule has 536 valence electrons. The van der Waals surface area contributed by atoms with Crippen LogP contribution in [0.4, 0.5) is 13.2 Å². The molecule has 5 fully saturated rings. The van der Waals surface area contributed by atoms with Crippen LogP contribution < -0.4 is 16.0 Å². The Morgan fingerprint density at radius 2 is 1.32 bits per heavy atom. The number of fused-ring (bicyclic) bond motifs is 2. The zero-order valence-corrected chi connectivity index (χ0v) is 59.1. The van der Waals surface area contributed by atoms with E-state index < -0.39 is 172 Å². The Labute approximate surface area is 567 Å². The van der Waals surface area contributed by atoms with Gasteiger partial charge in [0.15, 0.2) is 0 Å². The predicted octanol–water partition coefficient (Wildman–Crippen LogP) is 3.71. The molecule has 1 saturated carbocycles. The summed E-state index contributed by atoms with van der Waals surface area (Å²) in [5, 5.41) is 8.00. The first-order valence-electron chi connectivity index (χ1n) is 33.8. The Kier molecular flexibility index (Phi) is 27.1. The van der Waals surface area contributed by atoms with Crippen molar-refractivity contribution in [3.05, 3.63) is 34.3 Å². The molecule has 1 spiro atoms. The van der Waals surface area contributed by atoms with Gasteiger partial charge in [0.25, 0.3) is 0 Å². The van der Waals surface area contributed by atoms with Gasteiger partial charge in [-0.2, -0.15) is 13.2 Å². The number of methoxy groups -OCH3 is 1. The second-order valence-electron chi connectivity index (χ2n) is 27.7. The highest BCUT2D eigenvalue weighted by molar-refractivity contribution is 6.31. The first-order valence-corrected chi connectivity index (χ1v) is 34.1. The number of alkyl halides is 3. The fourth-order valence-corrected chi connectivity index (χ4v) is 14.2. The number of hydrogen-bond acceptors (Lipinski definition) is 13. The van der Waals surface area contributed by atoms with Crippen LogP contribution in [0.2, 0.25) is 5.02 Å². The molecule has 0 radical (unpaired) electrons. The second-order valence-corrected chi connectivity index (χ2v) is 28.1. The molecule has 96 heavy (non-hydrogen) atoms. The highest BCUT2D eigenvalue weighted by atomic mass is 35.5. The largest absolute Gasteiger partial charge is 0.417 e. The highest BCUT2D eigenvalue weighted by Crippen LogP contribution is 2.37. The molecule has 1 aliphatic carbocycles. The van der Waals surface area contributed by atoms with Crippen molar-refractivity contribution < 1.29 is 75.4 Å². The van der Waals surface area contributed by atoms with Gasteiger partial charge in [-0.1, -0.05) is 78.5 Å². The Balaban J connectivity index is 1.42. The minimum absolute atomic E-state index is 0.0155. The lowest BCUT2D eigenvalue weighted by atomic mass is 9.91. The summed E-state index contributed by atoms with van der Waals surface area (Å²) in [5.74, 6) is -9.46. The van der Waals surface area contributed by atoms with Gasteiger partial charge in [-0.05, 0) is 113 Å². The quantitative estimate of drug-likeness (QED) is 0.285. The summed E-state index contributed by atoms with van der Waals surface area (Å²) < 4.78 is 46.8. The lowest BCUT2D eigenvalue weighted by molar-refractivity contribution is -0.161. The molecule has 25 nitrogen and oxygen atoms in total. The average Bonchev–Trinajstić information content (AvgIpc) is 1.24. The van der Waals surface area contributed by atoms with E-state index in [0.29, 0.717) is 51.6 Å². The number of hydrogen-bond donors (Lipinski definition) is 3. The summed E-state index contributed by atoms with van der Waals surface area (Å²) in [6.07, 6.45) is -1.05. The number of carbonyl (C=O) groups is 12. The van der Waals surface area contributed by atoms with Gasteiger partial charge in [0, 0.05) is 75.6 Å². The summed E-state index contributed by atoms with van der Waals surface area (Å²) in [7, 11) is 9.59. The van der Waals surface area contributed by atoms with Crippen molar-refractivity contribution in [1.82, 2.24) is 60.0 Å². The van der Waals surface area contributed by atoms with Crippen LogP contribution in [0.3, 0.4) is 0 Å². The lowest BCUT2D eigenvalue weighted by Gasteiger charge is -2.45. The van der Waals surface area contributed by atoms with Crippen molar-refractivity contribution in [3.8, 4) is 0 Å². The van der Waals surface area contributed by atoms with E-state index in [2.05, 4.69) is 16.0 Å². The zero-order chi connectivity index (χ0) is 71.6. The summed E-state index contributed by atoms with van der Waals surface area (Å²) >= 11 is 6.11. The zero-order valence-electron chi connectivity index (χ0n) is 58.4. The van der Waals surface area contributed by atoms with E-state index in [9.17, 15) is 56.3 Å². The molecule has 12 amide bonds. The molecule has 6 rings (SSSR count). The minimum atomic E-state index is -4.77. The molecule has 4 aliphatic heterocycles. The molecule has 5 aliphatic rings. The normalized spacial score (nSPS) is 27.3. The Morgan fingerprint density at radius 1 is 0.688 bits per heavy atom. The molecular weight excluding hydrogens is 1270 g/mol. The molecule has 0 unspecified atom stereocenters. The molecule has 10 atom stereocenters. The monoisotopic (exact) mass is 1370 g/mol. The Morgan fingerprint density at radius 3 is 1.89 bits per heavy atom. The topological polar surface area (TPSA) is 279 Å². The van der Waals surface area contributed by atoms with Gasteiger partial charge in [-0.25, -0.2) is 0 Å². The number of nitrogens with one attached hydrogen (secondary N) is 3. The number of carbonyl (C=O) groups excluding carboxylic acids is 12. The maximum absolute atomic E-state index is 15.4. The summed E-state index contributed by atoms with van der Waals surface area (Å²) in [5.41, 5.74) is -2.40. The number of piperidine rings is 1. The molecule has 3 N–H and O–H groups in total. The maximum atomic E-state index is 15.4. The van der Waals surface area contributed by atoms with Crippen LogP contribution in [0.15, 0.2) is 18.2 Å². The van der Waals surface area contributed by atoms with Crippen molar-refractivity contribution in [3.63, 3.8) is 0 Å². The van der Waals surface area contributed by atoms with E-state index in [0.717, 1.165) is 28.4 Å². The van der Waals surface area contributed by atoms with Gasteiger partial charge in [0.2, 0.25) is 70.9 Å². The molecule has 4 saturated heterocycles. The van der Waals surface area contributed by atoms with Crippen LogP contribution in [0.1, 0.15) is 149 Å². The van der Waals surface area contributed by atoms with Crippen molar-refractivity contribution in [1.29, 1.82) is 0 Å². The fraction of sp³-hybridized carbons (Fsp3) is 0.731. The van der Waals surface area contributed by atoms with Crippen molar-refractivity contribution in [2.24, 2.45) is 17.8 Å². The van der Waals surface area contributed by atoms with Crippen molar-refractivity contribution in [2.45, 2.75) is 211 Å². The van der Waals surface area contributed by atoms with Crippen LogP contribution in [0, 0.1) is 17.8 Å². The first kappa shape index (κ1) is 77.9. The number of nitrogens with zero attached hydrogens (tertiary/aromatic N) is 9. The predicted molar refractivity (Wildman–Crippen MR) is 350 cm³/mol. The Hall–Kier alpha value is -7.10. The van der Waals surface area contributed by atoms with Gasteiger partial charge in [-0.3, -0.25) is 57.5 Å². The standard InChI is InChI=1S/C67H102ClF3N12O13/c1-15-41(6)54-63(93)76(9)42(7)58(88)83-33-27-48(83)61(91)79(12)51(38-96-14)60(90)75(8)37-52(84)72-46(26-24-43-23-25-44(45(68)35-43)67(69,70)71)59(89)82-32-21-22-47(82)57(87)74-66(28-17-18-29-66)65(95)80(13)55(40(4)5)64(94)78(11)50(62(92)81-30-19-16-20-31-81)36-53(85)77(10)49(34-39(2)3)56(86)73-54/h23,25,35,39-42,46-51,54-55H,15-22,24,26-34,36-38H2,1-14H3,(H,72,84)(H,73,86)(H,74,87)/t41-,42-,46-,47-,48-,49-,50-,51-,54-,55-/m0/s1. The summed E-state index contributed by atoms with van der Waals surface area (Å²) in [4.78, 5) is 189. The highest BCUT2D eigenvalue weighted by Gasteiger charge is 2.51. The number of ether oxygens (including phenoxy) is 1. The van der Waals surface area contributed by atoms with E-state index in [1.807, 2.05) is 20.8 Å². The minimum Gasteiger partial charge on any atom is -0.382 e. The van der Waals surface area contributed by atoms with E-state index >= 15 is 14.4 Å². The number of benzene rings is 1. The number of likely N-dealkylation sites (tertiary alicyclic amines) is 1. The molecule has 0 bridgehead atoms. The van der Waals surface area contributed by atoms with Gasteiger partial charge < -0.3 is 64.8 Å². The van der Waals surface area contributed by atoms with Crippen LogP contribution in [-0.2, 0) is 74.9 Å². The molecule has 1 aromatic rings. The number of likely N-dealkylation sites (N-methyl/N-ethyl adjacent to an activating group) is 6. The third-order valence-electron chi connectivity index (χ3n) is 20.2. The molecular formula is C67H102ClF3N12O13. The Bertz CT molecular complexity index is 3040. The number of amides is 12. The van der Waals surface area contributed by atoms with Gasteiger partial charge in [-0.15, -0.1) is 0 Å². The second kappa shape index (κ2) is 33.4. The summed E-state index contributed by atoms with van der Waals surface area (Å²) in [6.45, 7) is 12.0. The van der Waals surface area contributed by atoms with E-state index in [1.54, 1.807) is 25.7 Å². The number of halogens is 4. The maximum Gasteiger partial charge on any atom is 0.417 e. The summed E-state index contributed by atoms with van der Waals surface area (Å²) in [6, 6.07) is -8.32. The number of aryl methyl sites for hydroxylation is 1. The van der Waals surface area contributed by atoms with Crippen LogP contribution >= 0.6 is 11.6 Å². The molecule has 29 heteroatoms. The third kappa shape index (κ3) is 18.0. The number of rotatable bonds is 11. The SMILES string of the molecule is CC[C@H](C)[C@@H]1NC(=O)[C@H](CC(C)C)N(C)C(=O)C[C@@H](C(=O)N2CCCCC2)N(C)C(=O)[C@H](C(C)C)N(C)C(=O)C2(CCCC2)NC(=O)[C@@H]2CCCN2C(=O)[C@H](CCc2ccc(C(F)(F)F)c(Cl)c2)NC(=O)CN(C)C(=O)[C@H](COC)N(C)C(=O)[C@@H]2CCN2C(=O)[C@H](C)N(C)C1=O. The molecule has 4 heterocycles. The lowest BCUT2D eigenvalue weighted by Crippen LogP contribution is -2.65. The molecule has 0 aromatic heterocycles. The average molecular weight is 1380 g/mol. The van der Waals surface area contributed by atoms with E-state index in [-0.39, 0.29) is 76.1 Å². The van der Waals surface area contributed by atoms with Crippen LogP contribution in [-0.4, -0.2) is 264 Å². The van der Waals surface area contributed by atoms with Crippen molar-refractivity contribution >= 4 is 82.5 Å². The van der Waals surface area contributed by atoms with E-state index in [1.165, 1.54) is 91.8 Å². The van der Waals surface area contributed by atoms with Gasteiger partial charge in [0.05, 0.1) is 30.2 Å². The van der Waals surface area contributed by atoms with Crippen molar-refractivity contribution in [2.75, 3.05) is 88.7 Å². The third-order valence-corrected chi connectivity index (χ3v) is 20.5. The van der Waals surface area contributed by atoms with Gasteiger partial charge >= 0.3 is 6.18 Å². The fourth-order valence-electron chi connectivity index (χ4n) is 13.9. The smallest absolute Gasteiger partial charge is 0.382 e. The van der Waals surface area contributed by atoms with Gasteiger partial charge in [0.1, 0.15) is 59.9 Å². The van der Waals surface area contributed by atoms with Crippen LogP contribution in [0.25, 0.3) is 0 Å². The van der Waals surface area contributed by atoms with Crippen LogP contribution in [0.5, 0.6) is 0 Å².